The fourth-order valence-corrected chi connectivity index (χ4v) is 2.57. The minimum Gasteiger partial charge on any atom is -0.379 e. The van der Waals surface area contributed by atoms with Gasteiger partial charge in [0, 0.05) is 14.2 Å². The lowest BCUT2D eigenvalue weighted by Crippen LogP contribution is -2.25. The van der Waals surface area contributed by atoms with Gasteiger partial charge in [-0.05, 0) is 30.7 Å². The minimum absolute atomic E-state index is 0.0672. The summed E-state index contributed by atoms with van der Waals surface area (Å²) in [5.41, 5.74) is -3.03. The molecule has 0 radical (unpaired) electrons. The standard InChI is InChI=1S/C12H14F6O3Si/c1-7(21-22(19-2)20-3)8-4-9(11(13,14)15)6-10(5-8)12(16,17)18/h4-7,22H,1-3H3. The normalized spacial score (nSPS) is 14.5. The topological polar surface area (TPSA) is 27.7 Å². The molecule has 0 aliphatic carbocycles. The first kappa shape index (κ1) is 18.9. The number of benzene rings is 1. The molecule has 0 aliphatic rings. The van der Waals surface area contributed by atoms with Crippen LogP contribution in [0.4, 0.5) is 26.3 Å². The highest BCUT2D eigenvalue weighted by molar-refractivity contribution is 6.36. The fraction of sp³-hybridized carbons (Fsp3) is 0.500. The molecule has 0 N–H and O–H groups in total. The van der Waals surface area contributed by atoms with Gasteiger partial charge in [-0.1, -0.05) is 0 Å². The highest BCUT2D eigenvalue weighted by Gasteiger charge is 2.37. The van der Waals surface area contributed by atoms with E-state index in [1.54, 1.807) is 0 Å². The van der Waals surface area contributed by atoms with E-state index in [2.05, 4.69) is 0 Å². The molecule has 0 aliphatic heterocycles. The zero-order chi connectivity index (χ0) is 17.1. The summed E-state index contributed by atoms with van der Waals surface area (Å²) < 4.78 is 91.4. The van der Waals surface area contributed by atoms with Crippen molar-refractivity contribution in [2.24, 2.45) is 0 Å². The summed E-state index contributed by atoms with van der Waals surface area (Å²) in [4.78, 5) is 0. The Morgan fingerprint density at radius 1 is 0.864 bits per heavy atom. The van der Waals surface area contributed by atoms with Crippen LogP contribution in [-0.4, -0.2) is 23.7 Å². The highest BCUT2D eigenvalue weighted by Crippen LogP contribution is 2.37. The number of hydrogen-bond donors (Lipinski definition) is 0. The third kappa shape index (κ3) is 4.97. The lowest BCUT2D eigenvalue weighted by molar-refractivity contribution is -0.143. The Bertz CT molecular complexity index is 466. The van der Waals surface area contributed by atoms with Gasteiger partial charge >= 0.3 is 21.9 Å². The molecular formula is C12H14F6O3Si. The molecule has 1 unspecified atom stereocenters. The van der Waals surface area contributed by atoms with E-state index < -0.39 is 39.1 Å². The molecule has 0 fully saturated rings. The van der Waals surface area contributed by atoms with Crippen molar-refractivity contribution >= 4 is 9.53 Å². The molecule has 0 spiro atoms. The zero-order valence-electron chi connectivity index (χ0n) is 11.9. The zero-order valence-corrected chi connectivity index (χ0v) is 13.0. The Morgan fingerprint density at radius 2 is 1.27 bits per heavy atom. The van der Waals surface area contributed by atoms with E-state index in [1.165, 1.54) is 21.1 Å². The van der Waals surface area contributed by atoms with Gasteiger partial charge in [-0.2, -0.15) is 26.3 Å². The van der Waals surface area contributed by atoms with Crippen LogP contribution < -0.4 is 0 Å². The first-order valence-electron chi connectivity index (χ1n) is 5.99. The molecule has 126 valence electrons. The Morgan fingerprint density at radius 3 is 1.59 bits per heavy atom. The Kier molecular flexibility index (Phi) is 6.01. The molecule has 1 rings (SSSR count). The Labute approximate surface area is 124 Å². The van der Waals surface area contributed by atoms with Crippen LogP contribution in [0.2, 0.25) is 0 Å². The quantitative estimate of drug-likeness (QED) is 0.598. The predicted octanol–water partition coefficient (Wildman–Crippen LogP) is 3.81. The van der Waals surface area contributed by atoms with Crippen LogP contribution in [0.1, 0.15) is 29.7 Å². The van der Waals surface area contributed by atoms with E-state index in [9.17, 15) is 26.3 Å². The maximum atomic E-state index is 12.7. The maximum absolute atomic E-state index is 12.7. The molecule has 0 saturated carbocycles. The Balaban J connectivity index is 3.23. The number of hydrogen-bond acceptors (Lipinski definition) is 3. The molecule has 0 aromatic heterocycles. The van der Waals surface area contributed by atoms with E-state index >= 15 is 0 Å². The third-order valence-corrected chi connectivity index (χ3v) is 4.18. The van der Waals surface area contributed by atoms with Gasteiger partial charge < -0.3 is 13.3 Å². The first-order valence-corrected chi connectivity index (χ1v) is 7.41. The van der Waals surface area contributed by atoms with Gasteiger partial charge in [0.1, 0.15) is 0 Å². The van der Waals surface area contributed by atoms with Crippen molar-refractivity contribution in [1.82, 2.24) is 0 Å². The fourth-order valence-electron chi connectivity index (χ4n) is 1.67. The van der Waals surface area contributed by atoms with Crippen molar-refractivity contribution in [1.29, 1.82) is 0 Å². The highest BCUT2D eigenvalue weighted by atomic mass is 28.3. The lowest BCUT2D eigenvalue weighted by atomic mass is 10.0. The molecule has 0 amide bonds. The molecule has 1 aromatic rings. The predicted molar refractivity (Wildman–Crippen MR) is 67.1 cm³/mol. The second-order valence-electron chi connectivity index (χ2n) is 4.38. The number of alkyl halides is 6. The number of halogens is 6. The summed E-state index contributed by atoms with van der Waals surface area (Å²) in [5.74, 6) is 0. The average molecular weight is 348 g/mol. The Hall–Kier alpha value is -1.10. The van der Waals surface area contributed by atoms with Crippen LogP contribution in [0.5, 0.6) is 0 Å². The lowest BCUT2D eigenvalue weighted by Gasteiger charge is -2.21. The smallest absolute Gasteiger partial charge is 0.379 e. The molecule has 1 atom stereocenters. The van der Waals surface area contributed by atoms with Gasteiger partial charge in [-0.3, -0.25) is 0 Å². The molecule has 0 saturated heterocycles. The van der Waals surface area contributed by atoms with Crippen molar-refractivity contribution in [2.45, 2.75) is 25.4 Å². The van der Waals surface area contributed by atoms with Crippen LogP contribution in [0.15, 0.2) is 18.2 Å². The van der Waals surface area contributed by atoms with Crippen molar-refractivity contribution in [3.05, 3.63) is 34.9 Å². The van der Waals surface area contributed by atoms with Gasteiger partial charge in [-0.15, -0.1) is 0 Å². The van der Waals surface area contributed by atoms with E-state index in [0.717, 1.165) is 0 Å². The largest absolute Gasteiger partial charge is 0.484 e. The van der Waals surface area contributed by atoms with Gasteiger partial charge in [-0.25, -0.2) is 0 Å². The maximum Gasteiger partial charge on any atom is 0.484 e. The average Bonchev–Trinajstić information content (AvgIpc) is 2.42. The molecule has 22 heavy (non-hydrogen) atoms. The number of rotatable bonds is 5. The van der Waals surface area contributed by atoms with Crippen LogP contribution in [0.25, 0.3) is 0 Å². The molecular weight excluding hydrogens is 334 g/mol. The first-order chi connectivity index (χ1) is 9.98. The molecule has 0 bridgehead atoms. The summed E-state index contributed by atoms with van der Waals surface area (Å²) >= 11 is 0. The van der Waals surface area contributed by atoms with Crippen LogP contribution >= 0.6 is 0 Å². The van der Waals surface area contributed by atoms with E-state index in [1.807, 2.05) is 0 Å². The van der Waals surface area contributed by atoms with Gasteiger partial charge in [0.2, 0.25) is 0 Å². The summed E-state index contributed by atoms with van der Waals surface area (Å²) in [5, 5.41) is 0. The van der Waals surface area contributed by atoms with Gasteiger partial charge in [0.05, 0.1) is 17.2 Å². The van der Waals surface area contributed by atoms with E-state index in [4.69, 9.17) is 13.3 Å². The second kappa shape index (κ2) is 6.98. The van der Waals surface area contributed by atoms with E-state index in [-0.39, 0.29) is 11.6 Å². The summed E-state index contributed by atoms with van der Waals surface area (Å²) in [6.07, 6.45) is -10.8. The minimum atomic E-state index is -4.89. The second-order valence-corrected chi connectivity index (χ2v) is 6.17. The van der Waals surface area contributed by atoms with Crippen LogP contribution in [0.3, 0.4) is 0 Å². The van der Waals surface area contributed by atoms with Crippen LogP contribution in [-0.2, 0) is 25.6 Å². The summed E-state index contributed by atoms with van der Waals surface area (Å²) in [6.45, 7) is 1.33. The third-order valence-electron chi connectivity index (χ3n) is 2.78. The molecule has 3 nitrogen and oxygen atoms in total. The van der Waals surface area contributed by atoms with Crippen molar-refractivity contribution in [3.8, 4) is 0 Å². The van der Waals surface area contributed by atoms with Gasteiger partial charge in [0.15, 0.2) is 0 Å². The van der Waals surface area contributed by atoms with Crippen molar-refractivity contribution in [2.75, 3.05) is 14.2 Å². The molecule has 0 heterocycles. The van der Waals surface area contributed by atoms with Gasteiger partial charge in [0.25, 0.3) is 0 Å². The van der Waals surface area contributed by atoms with Crippen molar-refractivity contribution < 1.29 is 39.6 Å². The molecule has 10 heteroatoms. The van der Waals surface area contributed by atoms with Crippen molar-refractivity contribution in [3.63, 3.8) is 0 Å². The van der Waals surface area contributed by atoms with E-state index in [0.29, 0.717) is 12.1 Å². The summed E-state index contributed by atoms with van der Waals surface area (Å²) in [6, 6.07) is 1.31. The summed E-state index contributed by atoms with van der Waals surface area (Å²) in [7, 11) is -0.0413. The van der Waals surface area contributed by atoms with Crippen LogP contribution in [0, 0.1) is 0 Å². The SMILES string of the molecule is CO[SiH](OC)OC(C)c1cc(C(F)(F)F)cc(C(F)(F)F)c1. The molecule has 1 aromatic carbocycles. The monoisotopic (exact) mass is 348 g/mol.